The third-order valence-corrected chi connectivity index (χ3v) is 2.78. The predicted octanol–water partition coefficient (Wildman–Crippen LogP) is 2.14. The first-order chi connectivity index (χ1) is 4.29. The van der Waals surface area contributed by atoms with Crippen molar-refractivity contribution in [2.45, 2.75) is 16.5 Å². The highest BCUT2D eigenvalue weighted by molar-refractivity contribution is 8.01. The van der Waals surface area contributed by atoms with Gasteiger partial charge in [0.2, 0.25) is 0 Å². The highest BCUT2D eigenvalue weighted by Gasteiger charge is 1.96. The predicted molar refractivity (Wildman–Crippen MR) is 43.8 cm³/mol. The summed E-state index contributed by atoms with van der Waals surface area (Å²) in [4.78, 5) is 0. The summed E-state index contributed by atoms with van der Waals surface area (Å²) in [7, 11) is 0. The van der Waals surface area contributed by atoms with Gasteiger partial charge in [-0.25, -0.2) is 0 Å². The molecule has 2 N–H and O–H groups in total. The molecule has 0 amide bonds. The number of nitrogens with two attached hydrogens (primary N) is 1. The molecular weight excluding hydrogens is 150 g/mol. The van der Waals surface area contributed by atoms with Gasteiger partial charge in [-0.1, -0.05) is 17.8 Å². The normalized spacial score (nSPS) is 13.6. The molecule has 3 heteroatoms. The molecule has 50 valence electrons. The molecule has 0 saturated heterocycles. The van der Waals surface area contributed by atoms with Crippen molar-refractivity contribution in [1.82, 2.24) is 0 Å². The van der Waals surface area contributed by atoms with Crippen LogP contribution in [0.3, 0.4) is 0 Å². The number of thioether (sulfide) groups is 1. The van der Waals surface area contributed by atoms with Crippen LogP contribution in [0.4, 0.5) is 0 Å². The maximum Gasteiger partial charge on any atom is 0.0613 e. The van der Waals surface area contributed by atoms with E-state index in [4.69, 9.17) is 5.73 Å². The molecule has 0 bridgehead atoms. The van der Waals surface area contributed by atoms with Crippen LogP contribution < -0.4 is 5.73 Å². The van der Waals surface area contributed by atoms with Crippen molar-refractivity contribution >= 4 is 23.1 Å². The van der Waals surface area contributed by atoms with E-state index in [2.05, 4.69) is 11.4 Å². The molecular formula is C6H9NS2. The van der Waals surface area contributed by atoms with Crippen molar-refractivity contribution < 1.29 is 0 Å². The second-order valence-electron chi connectivity index (χ2n) is 1.76. The van der Waals surface area contributed by atoms with Crippen LogP contribution in [-0.2, 0) is 0 Å². The van der Waals surface area contributed by atoms with Crippen LogP contribution in [0, 0.1) is 0 Å². The minimum absolute atomic E-state index is 0.212. The van der Waals surface area contributed by atoms with Gasteiger partial charge in [0.25, 0.3) is 0 Å². The van der Waals surface area contributed by atoms with E-state index in [0.29, 0.717) is 0 Å². The fourth-order valence-corrected chi connectivity index (χ4v) is 2.33. The first-order valence-corrected chi connectivity index (χ1v) is 4.50. The van der Waals surface area contributed by atoms with Crippen LogP contribution in [0.15, 0.2) is 21.7 Å². The number of hydrogen-bond donors (Lipinski definition) is 1. The van der Waals surface area contributed by atoms with Gasteiger partial charge in [-0.3, -0.25) is 0 Å². The van der Waals surface area contributed by atoms with Crippen molar-refractivity contribution in [3.63, 3.8) is 0 Å². The van der Waals surface area contributed by atoms with Crippen LogP contribution in [0.1, 0.15) is 6.92 Å². The molecule has 0 spiro atoms. The van der Waals surface area contributed by atoms with E-state index in [1.54, 1.807) is 23.1 Å². The van der Waals surface area contributed by atoms with E-state index in [1.165, 1.54) is 4.21 Å². The van der Waals surface area contributed by atoms with Crippen molar-refractivity contribution in [2.24, 2.45) is 5.73 Å². The maximum absolute atomic E-state index is 5.55. The van der Waals surface area contributed by atoms with Gasteiger partial charge in [-0.05, 0) is 18.4 Å². The smallest absolute Gasteiger partial charge is 0.0613 e. The van der Waals surface area contributed by atoms with E-state index >= 15 is 0 Å². The third-order valence-electron chi connectivity index (χ3n) is 0.797. The van der Waals surface area contributed by atoms with Crippen LogP contribution in [0.2, 0.25) is 0 Å². The Kier molecular flexibility index (Phi) is 2.57. The third kappa shape index (κ3) is 2.39. The highest BCUT2D eigenvalue weighted by atomic mass is 32.2. The zero-order valence-electron chi connectivity index (χ0n) is 5.20. The van der Waals surface area contributed by atoms with Crippen LogP contribution in [-0.4, -0.2) is 5.37 Å². The van der Waals surface area contributed by atoms with Gasteiger partial charge in [-0.15, -0.1) is 11.3 Å². The van der Waals surface area contributed by atoms with E-state index in [9.17, 15) is 0 Å². The summed E-state index contributed by atoms with van der Waals surface area (Å²) in [5, 5.41) is 2.27. The molecule has 0 aromatic carbocycles. The Hall–Kier alpha value is 0.01000. The monoisotopic (exact) mass is 159 g/mol. The minimum atomic E-state index is 0.212. The molecule has 1 heterocycles. The van der Waals surface area contributed by atoms with Crippen molar-refractivity contribution in [1.29, 1.82) is 0 Å². The molecule has 0 aliphatic rings. The quantitative estimate of drug-likeness (QED) is 0.528. The lowest BCUT2D eigenvalue weighted by Crippen LogP contribution is -2.07. The number of hydrogen-bond acceptors (Lipinski definition) is 3. The van der Waals surface area contributed by atoms with Crippen LogP contribution in [0.25, 0.3) is 0 Å². The topological polar surface area (TPSA) is 26.0 Å². The average molecular weight is 159 g/mol. The summed E-state index contributed by atoms with van der Waals surface area (Å²) in [5.41, 5.74) is 5.55. The molecule has 1 rings (SSSR count). The van der Waals surface area contributed by atoms with Gasteiger partial charge in [0.1, 0.15) is 0 Å². The van der Waals surface area contributed by atoms with Gasteiger partial charge in [0, 0.05) is 0 Å². The fourth-order valence-electron chi connectivity index (χ4n) is 0.514. The molecule has 1 atom stereocenters. The molecule has 1 aromatic rings. The second-order valence-corrected chi connectivity index (χ2v) is 4.38. The molecule has 0 radical (unpaired) electrons. The Labute approximate surface area is 63.3 Å². The van der Waals surface area contributed by atoms with Crippen molar-refractivity contribution in [3.05, 3.63) is 17.5 Å². The number of rotatable bonds is 2. The van der Waals surface area contributed by atoms with Gasteiger partial charge >= 0.3 is 0 Å². The summed E-state index contributed by atoms with van der Waals surface area (Å²) in [6, 6.07) is 4.12. The summed E-state index contributed by atoms with van der Waals surface area (Å²) < 4.78 is 1.30. The first-order valence-electron chi connectivity index (χ1n) is 2.75. The summed E-state index contributed by atoms with van der Waals surface area (Å²) in [6.07, 6.45) is 0. The zero-order chi connectivity index (χ0) is 6.69. The van der Waals surface area contributed by atoms with E-state index in [1.807, 2.05) is 13.0 Å². The van der Waals surface area contributed by atoms with Gasteiger partial charge < -0.3 is 5.73 Å². The Balaban J connectivity index is 2.48. The van der Waals surface area contributed by atoms with Crippen molar-refractivity contribution in [2.75, 3.05) is 0 Å². The molecule has 0 aliphatic carbocycles. The molecule has 1 nitrogen and oxygen atoms in total. The van der Waals surface area contributed by atoms with E-state index in [-0.39, 0.29) is 5.37 Å². The minimum Gasteiger partial charge on any atom is -0.319 e. The Bertz CT molecular complexity index is 158. The molecule has 0 fully saturated rings. The first kappa shape index (κ1) is 7.12. The lowest BCUT2D eigenvalue weighted by Gasteiger charge is -1.98. The van der Waals surface area contributed by atoms with Gasteiger partial charge in [0.15, 0.2) is 0 Å². The zero-order valence-corrected chi connectivity index (χ0v) is 6.84. The highest BCUT2D eigenvalue weighted by Crippen LogP contribution is 2.24. The lowest BCUT2D eigenvalue weighted by atomic mass is 10.7. The summed E-state index contributed by atoms with van der Waals surface area (Å²) in [5.74, 6) is 0. The van der Waals surface area contributed by atoms with Crippen LogP contribution >= 0.6 is 23.1 Å². The maximum atomic E-state index is 5.55. The largest absolute Gasteiger partial charge is 0.319 e. The molecule has 0 aliphatic heterocycles. The van der Waals surface area contributed by atoms with E-state index in [0.717, 1.165) is 0 Å². The standard InChI is InChI=1S/C6H9NS2/c1-5(7)9-6-3-2-4-8-6/h2-5H,7H2,1H3. The van der Waals surface area contributed by atoms with Crippen LogP contribution in [0.5, 0.6) is 0 Å². The average Bonchev–Trinajstić information content (AvgIpc) is 2.15. The Morgan fingerprint density at radius 1 is 1.78 bits per heavy atom. The Morgan fingerprint density at radius 2 is 2.56 bits per heavy atom. The molecule has 0 saturated carbocycles. The summed E-state index contributed by atoms with van der Waals surface area (Å²) in [6.45, 7) is 1.99. The molecule has 1 unspecified atom stereocenters. The summed E-state index contributed by atoms with van der Waals surface area (Å²) >= 11 is 3.44. The second kappa shape index (κ2) is 3.25. The molecule has 1 aromatic heterocycles. The lowest BCUT2D eigenvalue weighted by molar-refractivity contribution is 1.05. The Morgan fingerprint density at radius 3 is 3.00 bits per heavy atom. The number of thiophene rings is 1. The van der Waals surface area contributed by atoms with Gasteiger partial charge in [-0.2, -0.15) is 0 Å². The van der Waals surface area contributed by atoms with E-state index < -0.39 is 0 Å². The molecule has 9 heavy (non-hydrogen) atoms. The van der Waals surface area contributed by atoms with Crippen molar-refractivity contribution in [3.8, 4) is 0 Å². The SMILES string of the molecule is CC(N)Sc1cccs1. The fraction of sp³-hybridized carbons (Fsp3) is 0.333. The van der Waals surface area contributed by atoms with Gasteiger partial charge in [0.05, 0.1) is 9.58 Å².